The van der Waals surface area contributed by atoms with E-state index in [1.807, 2.05) is 6.92 Å². The van der Waals surface area contributed by atoms with Crippen LogP contribution in [0.4, 0.5) is 5.82 Å². The van der Waals surface area contributed by atoms with Gasteiger partial charge in [0.2, 0.25) is 5.91 Å². The van der Waals surface area contributed by atoms with Gasteiger partial charge in [0.1, 0.15) is 11.6 Å². The van der Waals surface area contributed by atoms with Crippen LogP contribution < -0.4 is 10.9 Å². The van der Waals surface area contributed by atoms with Crippen molar-refractivity contribution in [3.8, 4) is 11.6 Å². The van der Waals surface area contributed by atoms with Crippen LogP contribution in [0.5, 0.6) is 5.75 Å². The molecule has 4 rings (SSSR count). The van der Waals surface area contributed by atoms with Crippen LogP contribution in [0.2, 0.25) is 5.02 Å². The molecule has 1 aliphatic rings. The fourth-order valence-electron chi connectivity index (χ4n) is 3.19. The number of amides is 1. The highest BCUT2D eigenvalue weighted by Crippen LogP contribution is 2.41. The second-order valence-electron chi connectivity index (χ2n) is 6.05. The molecule has 3 heterocycles. The van der Waals surface area contributed by atoms with Gasteiger partial charge in [-0.25, -0.2) is 5.10 Å². The number of phenols is 1. The number of fused-ring (bicyclic) bond motifs is 1. The maximum atomic E-state index is 12.3. The number of H-pyrrole nitrogens is 1. The number of aromatic nitrogens is 4. The lowest BCUT2D eigenvalue weighted by atomic mass is 9.86. The van der Waals surface area contributed by atoms with Crippen LogP contribution in [0.3, 0.4) is 0 Å². The van der Waals surface area contributed by atoms with E-state index in [0.29, 0.717) is 11.6 Å². The molecule has 0 saturated carbocycles. The normalized spacial score (nSPS) is 16.2. The summed E-state index contributed by atoms with van der Waals surface area (Å²) in [6.45, 7) is 1.84. The van der Waals surface area contributed by atoms with Crippen LogP contribution in [0.1, 0.15) is 29.2 Å². The molecule has 0 fully saturated rings. The molecule has 0 saturated heterocycles. The van der Waals surface area contributed by atoms with E-state index in [-0.39, 0.29) is 34.6 Å². The van der Waals surface area contributed by atoms with E-state index in [1.54, 1.807) is 12.1 Å². The number of nitrogens with zero attached hydrogens (tertiary/aromatic N) is 3. The minimum atomic E-state index is -0.327. The van der Waals surface area contributed by atoms with E-state index in [4.69, 9.17) is 11.6 Å². The van der Waals surface area contributed by atoms with Gasteiger partial charge in [-0.15, -0.1) is 0 Å². The van der Waals surface area contributed by atoms with Gasteiger partial charge in [0.15, 0.2) is 5.82 Å². The summed E-state index contributed by atoms with van der Waals surface area (Å²) in [5, 5.41) is 23.5. The zero-order valence-corrected chi connectivity index (χ0v) is 14.4. The predicted molar refractivity (Wildman–Crippen MR) is 94.9 cm³/mol. The average molecular weight is 372 g/mol. The number of benzene rings is 1. The molecular formula is C17H14ClN5O3. The summed E-state index contributed by atoms with van der Waals surface area (Å²) in [5.41, 5.74) is 2.05. The molecule has 0 bridgehead atoms. The van der Waals surface area contributed by atoms with E-state index in [0.717, 1.165) is 16.8 Å². The fourth-order valence-corrected chi connectivity index (χ4v) is 3.38. The molecule has 26 heavy (non-hydrogen) atoms. The van der Waals surface area contributed by atoms with Crippen LogP contribution in [0, 0.1) is 6.92 Å². The monoisotopic (exact) mass is 371 g/mol. The molecule has 1 aromatic carbocycles. The van der Waals surface area contributed by atoms with E-state index in [2.05, 4.69) is 20.6 Å². The highest BCUT2D eigenvalue weighted by atomic mass is 35.5. The number of carbonyl (C=O) groups excluding carboxylic acids is 1. The van der Waals surface area contributed by atoms with Crippen molar-refractivity contribution in [1.29, 1.82) is 0 Å². The lowest BCUT2D eigenvalue weighted by molar-refractivity contribution is -0.116. The maximum Gasteiger partial charge on any atom is 0.264 e. The fraction of sp³-hybridized carbons (Fsp3) is 0.176. The summed E-state index contributed by atoms with van der Waals surface area (Å²) in [5.74, 6) is 0.456. The molecule has 1 amide bonds. The molecule has 1 aliphatic heterocycles. The third-order valence-corrected chi connectivity index (χ3v) is 4.66. The molecule has 1 atom stereocenters. The molecule has 1 unspecified atom stereocenters. The minimum absolute atomic E-state index is 0.0132. The third-order valence-electron chi connectivity index (χ3n) is 4.36. The number of halogens is 1. The van der Waals surface area contributed by atoms with Crippen molar-refractivity contribution in [3.05, 3.63) is 62.5 Å². The number of hydrogen-bond acceptors (Lipinski definition) is 5. The number of phenolic OH excluding ortho intramolecular Hbond substituents is 1. The summed E-state index contributed by atoms with van der Waals surface area (Å²) in [6.07, 6.45) is 0.236. The molecule has 0 aliphatic carbocycles. The lowest BCUT2D eigenvalue weighted by Gasteiger charge is -2.24. The molecule has 3 N–H and O–H groups in total. The second-order valence-corrected chi connectivity index (χ2v) is 6.46. The van der Waals surface area contributed by atoms with Crippen molar-refractivity contribution >= 4 is 23.3 Å². The Morgan fingerprint density at radius 2 is 2.08 bits per heavy atom. The van der Waals surface area contributed by atoms with Gasteiger partial charge in [0.05, 0.1) is 10.7 Å². The largest absolute Gasteiger partial charge is 0.506 e. The van der Waals surface area contributed by atoms with Crippen LogP contribution in [0.15, 0.2) is 35.1 Å². The van der Waals surface area contributed by atoms with Gasteiger partial charge >= 0.3 is 0 Å². The standard InChI is InChI=1S/C17H14ClN5O3/c1-8-16-10(9-2-3-12(24)11(18)6-9)7-15(26)19-17(16)23(22-8)13-4-5-14(25)21-20-13/h2-6,10,24H,7H2,1H3,(H,19,26)(H,21,25). The van der Waals surface area contributed by atoms with Gasteiger partial charge in [-0.05, 0) is 30.7 Å². The number of aromatic amines is 1. The first-order valence-electron chi connectivity index (χ1n) is 7.88. The number of aryl methyl sites for hydroxylation is 1. The molecule has 2 aromatic heterocycles. The van der Waals surface area contributed by atoms with Crippen molar-refractivity contribution in [2.45, 2.75) is 19.3 Å². The number of anilines is 1. The van der Waals surface area contributed by atoms with Crippen LogP contribution >= 0.6 is 11.6 Å². The Kier molecular flexibility index (Phi) is 3.77. The molecule has 0 radical (unpaired) electrons. The first kappa shape index (κ1) is 16.3. The summed E-state index contributed by atoms with van der Waals surface area (Å²) in [6, 6.07) is 7.77. The first-order chi connectivity index (χ1) is 12.4. The summed E-state index contributed by atoms with van der Waals surface area (Å²) in [4.78, 5) is 23.5. The van der Waals surface area contributed by atoms with Gasteiger partial charge < -0.3 is 10.4 Å². The lowest BCUT2D eigenvalue weighted by Crippen LogP contribution is -2.25. The van der Waals surface area contributed by atoms with E-state index in [9.17, 15) is 14.7 Å². The summed E-state index contributed by atoms with van der Waals surface area (Å²) >= 11 is 6.04. The second kappa shape index (κ2) is 5.99. The number of hydrogen-bond donors (Lipinski definition) is 3. The maximum absolute atomic E-state index is 12.3. The Bertz CT molecular complexity index is 1070. The average Bonchev–Trinajstić information content (AvgIpc) is 2.94. The first-order valence-corrected chi connectivity index (χ1v) is 8.25. The zero-order valence-electron chi connectivity index (χ0n) is 13.7. The molecule has 3 aromatic rings. The van der Waals surface area contributed by atoms with Crippen molar-refractivity contribution in [3.63, 3.8) is 0 Å². The van der Waals surface area contributed by atoms with Gasteiger partial charge in [0.25, 0.3) is 5.56 Å². The molecule has 132 valence electrons. The number of aromatic hydroxyl groups is 1. The number of carbonyl (C=O) groups is 1. The van der Waals surface area contributed by atoms with Gasteiger partial charge in [-0.1, -0.05) is 17.7 Å². The Morgan fingerprint density at radius 1 is 1.27 bits per heavy atom. The van der Waals surface area contributed by atoms with Crippen molar-refractivity contribution in [1.82, 2.24) is 20.0 Å². The molecule has 8 nitrogen and oxygen atoms in total. The highest BCUT2D eigenvalue weighted by Gasteiger charge is 2.33. The van der Waals surface area contributed by atoms with Crippen molar-refractivity contribution in [2.75, 3.05) is 5.32 Å². The Labute approximate surface area is 152 Å². The Morgan fingerprint density at radius 3 is 2.77 bits per heavy atom. The predicted octanol–water partition coefficient (Wildman–Crippen LogP) is 2.10. The topological polar surface area (TPSA) is 113 Å². The van der Waals surface area contributed by atoms with E-state index in [1.165, 1.54) is 22.9 Å². The number of nitrogens with one attached hydrogen (secondary N) is 2. The van der Waals surface area contributed by atoms with Crippen molar-refractivity contribution < 1.29 is 9.90 Å². The number of rotatable bonds is 2. The molecule has 9 heteroatoms. The molecule has 0 spiro atoms. The van der Waals surface area contributed by atoms with Crippen LogP contribution in [-0.4, -0.2) is 31.0 Å². The Hall–Kier alpha value is -3.13. The minimum Gasteiger partial charge on any atom is -0.506 e. The van der Waals surface area contributed by atoms with Gasteiger partial charge in [-0.2, -0.15) is 14.9 Å². The van der Waals surface area contributed by atoms with E-state index >= 15 is 0 Å². The molecular weight excluding hydrogens is 358 g/mol. The van der Waals surface area contributed by atoms with Crippen LogP contribution in [-0.2, 0) is 4.79 Å². The van der Waals surface area contributed by atoms with Gasteiger partial charge in [-0.3, -0.25) is 9.59 Å². The van der Waals surface area contributed by atoms with Gasteiger partial charge in [0, 0.05) is 24.0 Å². The Balaban J connectivity index is 1.88. The summed E-state index contributed by atoms with van der Waals surface area (Å²) < 4.78 is 1.49. The summed E-state index contributed by atoms with van der Waals surface area (Å²) in [7, 11) is 0. The SMILES string of the molecule is Cc1nn(-c2ccc(=O)[nH]n2)c2c1C(c1ccc(O)c(Cl)c1)CC(=O)N2. The zero-order chi connectivity index (χ0) is 18.4. The van der Waals surface area contributed by atoms with Crippen LogP contribution in [0.25, 0.3) is 5.82 Å². The quantitative estimate of drug-likeness (QED) is 0.638. The highest BCUT2D eigenvalue weighted by molar-refractivity contribution is 6.32. The van der Waals surface area contributed by atoms with E-state index < -0.39 is 0 Å². The smallest absolute Gasteiger partial charge is 0.264 e. The van der Waals surface area contributed by atoms with Crippen molar-refractivity contribution in [2.24, 2.45) is 0 Å². The third kappa shape index (κ3) is 2.64.